The summed E-state index contributed by atoms with van der Waals surface area (Å²) >= 11 is 0. The van der Waals surface area contributed by atoms with Crippen LogP contribution < -0.4 is 5.32 Å². The minimum absolute atomic E-state index is 0.240. The molecule has 4 nitrogen and oxygen atoms in total. The molecule has 1 rings (SSSR count). The van der Waals surface area contributed by atoms with E-state index in [2.05, 4.69) is 5.32 Å². The van der Waals surface area contributed by atoms with Crippen molar-refractivity contribution in [1.82, 2.24) is 5.32 Å². The molecule has 1 amide bonds. The van der Waals surface area contributed by atoms with Gasteiger partial charge in [-0.2, -0.15) is 0 Å². The monoisotopic (exact) mass is 251 g/mol. The summed E-state index contributed by atoms with van der Waals surface area (Å²) in [4.78, 5) is 11.3. The first-order chi connectivity index (χ1) is 8.02. The van der Waals surface area contributed by atoms with Crippen molar-refractivity contribution in [1.29, 1.82) is 0 Å². The number of hydrogen-bond donors (Lipinski definition) is 2. The van der Waals surface area contributed by atoms with E-state index in [1.165, 1.54) is 0 Å². The van der Waals surface area contributed by atoms with Crippen molar-refractivity contribution in [3.05, 3.63) is 0 Å². The Hall–Kier alpha value is -0.750. The lowest BCUT2D eigenvalue weighted by Crippen LogP contribution is -2.39. The van der Waals surface area contributed by atoms with Crippen molar-refractivity contribution in [2.24, 2.45) is 5.92 Å². The molecule has 1 unspecified atom stereocenters. The van der Waals surface area contributed by atoms with Crippen molar-refractivity contribution in [2.75, 3.05) is 13.2 Å². The third-order valence-electron chi connectivity index (χ3n) is 2.87. The van der Waals surface area contributed by atoms with Crippen LogP contribution in [0.25, 0.3) is 0 Å². The summed E-state index contributed by atoms with van der Waals surface area (Å²) < 4.78 is 29.2. The molecule has 1 atom stereocenters. The number of amides is 1. The van der Waals surface area contributed by atoms with Crippen LogP contribution in [0.3, 0.4) is 0 Å². The number of ether oxygens (including phenoxy) is 1. The second-order valence-corrected chi connectivity index (χ2v) is 4.32. The van der Waals surface area contributed by atoms with Gasteiger partial charge in [0.15, 0.2) is 0 Å². The van der Waals surface area contributed by atoms with E-state index in [-0.39, 0.29) is 17.9 Å². The van der Waals surface area contributed by atoms with E-state index in [1.807, 2.05) is 6.92 Å². The number of rotatable bonds is 7. The van der Waals surface area contributed by atoms with Gasteiger partial charge < -0.3 is 15.2 Å². The Morgan fingerprint density at radius 3 is 2.71 bits per heavy atom. The van der Waals surface area contributed by atoms with Crippen molar-refractivity contribution < 1.29 is 23.4 Å². The molecule has 100 valence electrons. The van der Waals surface area contributed by atoms with Gasteiger partial charge in [0.1, 0.15) is 6.10 Å². The second-order valence-electron chi connectivity index (χ2n) is 4.32. The summed E-state index contributed by atoms with van der Waals surface area (Å²) in [5.41, 5.74) is 0. The lowest BCUT2D eigenvalue weighted by atomic mass is 9.80. The Bertz CT molecular complexity index is 245. The summed E-state index contributed by atoms with van der Waals surface area (Å²) in [5.74, 6) is -0.0140. The Balaban J connectivity index is 2.07. The number of halogens is 2. The Labute approximate surface area is 99.3 Å². The third kappa shape index (κ3) is 4.95. The highest BCUT2D eigenvalue weighted by Crippen LogP contribution is 2.32. The standard InChI is InChI=1S/C11H19F2NO3/c1-2-17-8-3-7(4-8)5-10(16)14-6-9(15)11(12)13/h7-9,11,15H,2-6H2,1H3,(H,14,16). The van der Waals surface area contributed by atoms with Crippen LogP contribution in [0, 0.1) is 5.92 Å². The summed E-state index contributed by atoms with van der Waals surface area (Å²) in [6.07, 6.45) is -2.35. The second kappa shape index (κ2) is 6.86. The first-order valence-electron chi connectivity index (χ1n) is 5.87. The van der Waals surface area contributed by atoms with Crippen molar-refractivity contribution >= 4 is 5.91 Å². The molecule has 0 aliphatic heterocycles. The van der Waals surface area contributed by atoms with Crippen molar-refractivity contribution in [3.8, 4) is 0 Å². The van der Waals surface area contributed by atoms with Gasteiger partial charge in [-0.3, -0.25) is 4.79 Å². The number of aliphatic hydroxyl groups is 1. The molecular formula is C11H19F2NO3. The minimum atomic E-state index is -2.82. The highest BCUT2D eigenvalue weighted by Gasteiger charge is 2.31. The van der Waals surface area contributed by atoms with Crippen LogP contribution in [0.2, 0.25) is 0 Å². The van der Waals surface area contributed by atoms with Crippen LogP contribution in [0.15, 0.2) is 0 Å². The SMILES string of the molecule is CCOC1CC(CC(=O)NCC(O)C(F)F)C1. The van der Waals surface area contributed by atoms with E-state index in [4.69, 9.17) is 9.84 Å². The topological polar surface area (TPSA) is 58.6 Å². The third-order valence-corrected chi connectivity index (χ3v) is 2.87. The number of carbonyl (C=O) groups excluding carboxylic acids is 1. The van der Waals surface area contributed by atoms with E-state index in [0.29, 0.717) is 13.0 Å². The van der Waals surface area contributed by atoms with Crippen LogP contribution >= 0.6 is 0 Å². The van der Waals surface area contributed by atoms with Crippen molar-refractivity contribution in [2.45, 2.75) is 44.8 Å². The fourth-order valence-electron chi connectivity index (χ4n) is 1.85. The van der Waals surface area contributed by atoms with Gasteiger partial charge in [-0.25, -0.2) is 8.78 Å². The summed E-state index contributed by atoms with van der Waals surface area (Å²) in [7, 11) is 0. The highest BCUT2D eigenvalue weighted by molar-refractivity contribution is 5.76. The molecule has 0 spiro atoms. The predicted molar refractivity (Wildman–Crippen MR) is 57.8 cm³/mol. The molecule has 0 aromatic carbocycles. The Kier molecular flexibility index (Phi) is 5.77. The zero-order chi connectivity index (χ0) is 12.8. The van der Waals surface area contributed by atoms with Gasteiger partial charge in [0.25, 0.3) is 6.43 Å². The van der Waals surface area contributed by atoms with Gasteiger partial charge in [-0.1, -0.05) is 0 Å². The van der Waals surface area contributed by atoms with Gasteiger partial charge in [-0.05, 0) is 25.7 Å². The molecule has 0 saturated heterocycles. The molecular weight excluding hydrogens is 232 g/mol. The number of hydrogen-bond acceptors (Lipinski definition) is 3. The van der Waals surface area contributed by atoms with Crippen molar-refractivity contribution in [3.63, 3.8) is 0 Å². The summed E-state index contributed by atoms with van der Waals surface area (Å²) in [5, 5.41) is 11.1. The van der Waals surface area contributed by atoms with Crippen LogP contribution in [0.1, 0.15) is 26.2 Å². The largest absolute Gasteiger partial charge is 0.385 e. The molecule has 1 saturated carbocycles. The molecule has 1 aliphatic rings. The smallest absolute Gasteiger partial charge is 0.265 e. The molecule has 17 heavy (non-hydrogen) atoms. The quantitative estimate of drug-likeness (QED) is 0.708. The van der Waals surface area contributed by atoms with Crippen LogP contribution in [-0.4, -0.2) is 42.8 Å². The van der Waals surface area contributed by atoms with E-state index in [0.717, 1.165) is 12.8 Å². The maximum atomic E-state index is 11.9. The summed E-state index contributed by atoms with van der Waals surface area (Å²) in [6.45, 7) is 2.20. The Morgan fingerprint density at radius 2 is 2.18 bits per heavy atom. The zero-order valence-electron chi connectivity index (χ0n) is 9.86. The molecule has 0 aromatic heterocycles. The first-order valence-corrected chi connectivity index (χ1v) is 5.87. The average Bonchev–Trinajstić information content (AvgIpc) is 2.22. The van der Waals surface area contributed by atoms with Gasteiger partial charge in [-0.15, -0.1) is 0 Å². The fourth-order valence-corrected chi connectivity index (χ4v) is 1.85. The van der Waals surface area contributed by atoms with Crippen LogP contribution in [0.5, 0.6) is 0 Å². The normalized spacial score (nSPS) is 25.5. The number of carbonyl (C=O) groups is 1. The maximum absolute atomic E-state index is 11.9. The van der Waals surface area contributed by atoms with Gasteiger partial charge in [0.2, 0.25) is 5.91 Å². The lowest BCUT2D eigenvalue weighted by Gasteiger charge is -2.34. The lowest BCUT2D eigenvalue weighted by molar-refractivity contribution is -0.125. The zero-order valence-corrected chi connectivity index (χ0v) is 9.86. The molecule has 6 heteroatoms. The van der Waals surface area contributed by atoms with E-state index in [9.17, 15) is 13.6 Å². The number of aliphatic hydroxyl groups excluding tert-OH is 1. The van der Waals surface area contributed by atoms with E-state index < -0.39 is 19.1 Å². The van der Waals surface area contributed by atoms with Crippen LogP contribution in [-0.2, 0) is 9.53 Å². The van der Waals surface area contributed by atoms with E-state index >= 15 is 0 Å². The van der Waals surface area contributed by atoms with Crippen LogP contribution in [0.4, 0.5) is 8.78 Å². The molecule has 0 aromatic rings. The molecule has 0 radical (unpaired) electrons. The molecule has 0 heterocycles. The first kappa shape index (κ1) is 14.3. The fraction of sp³-hybridized carbons (Fsp3) is 0.909. The van der Waals surface area contributed by atoms with E-state index in [1.54, 1.807) is 0 Å². The van der Waals surface area contributed by atoms with Gasteiger partial charge in [0, 0.05) is 19.6 Å². The molecule has 2 N–H and O–H groups in total. The van der Waals surface area contributed by atoms with Gasteiger partial charge >= 0.3 is 0 Å². The number of alkyl halides is 2. The molecule has 0 bridgehead atoms. The van der Waals surface area contributed by atoms with Gasteiger partial charge in [0.05, 0.1) is 6.10 Å². The Morgan fingerprint density at radius 1 is 1.53 bits per heavy atom. The summed E-state index contributed by atoms with van der Waals surface area (Å²) in [6, 6.07) is 0. The highest BCUT2D eigenvalue weighted by atomic mass is 19.3. The molecule has 1 fully saturated rings. The molecule has 1 aliphatic carbocycles. The number of nitrogens with one attached hydrogen (secondary N) is 1. The predicted octanol–water partition coefficient (Wildman–Crippen LogP) is 0.934. The maximum Gasteiger partial charge on any atom is 0.265 e. The average molecular weight is 251 g/mol. The minimum Gasteiger partial charge on any atom is -0.385 e.